The molecule has 0 saturated heterocycles. The standard InChI is InChI=1S/C24H26N4O4S/c1-5-16-10-6-7-12-18(16)26-19(29)14-33-21(25-17-11-8-9-15(2)13-17)20-22(30)27(3)24(32)28(4)23(20)31/h6-13,30H,5,14H2,1-4H3,(H,26,29). The van der Waals surface area contributed by atoms with Gasteiger partial charge in [-0.25, -0.2) is 9.79 Å². The van der Waals surface area contributed by atoms with E-state index in [2.05, 4.69) is 10.3 Å². The van der Waals surface area contributed by atoms with Gasteiger partial charge in [0, 0.05) is 19.8 Å². The van der Waals surface area contributed by atoms with Crippen molar-refractivity contribution >= 4 is 34.1 Å². The van der Waals surface area contributed by atoms with Crippen LogP contribution in [-0.2, 0) is 25.3 Å². The Morgan fingerprint density at radius 2 is 1.82 bits per heavy atom. The van der Waals surface area contributed by atoms with Crippen LogP contribution in [0.3, 0.4) is 0 Å². The molecule has 0 unspecified atom stereocenters. The fraction of sp³-hybridized carbons (Fsp3) is 0.250. The van der Waals surface area contributed by atoms with Crippen LogP contribution in [0.2, 0.25) is 0 Å². The van der Waals surface area contributed by atoms with Crippen molar-refractivity contribution in [2.24, 2.45) is 19.1 Å². The number of anilines is 1. The topological polar surface area (TPSA) is 106 Å². The Morgan fingerprint density at radius 3 is 2.52 bits per heavy atom. The molecule has 9 heteroatoms. The molecule has 0 atom stereocenters. The molecule has 1 heterocycles. The summed E-state index contributed by atoms with van der Waals surface area (Å²) in [7, 11) is 2.70. The Balaban J connectivity index is 1.99. The fourth-order valence-corrected chi connectivity index (χ4v) is 4.10. The highest BCUT2D eigenvalue weighted by molar-refractivity contribution is 8.15. The summed E-state index contributed by atoms with van der Waals surface area (Å²) in [6, 6.07) is 14.8. The summed E-state index contributed by atoms with van der Waals surface area (Å²) < 4.78 is 1.87. The number of aromatic hydroxyl groups is 1. The summed E-state index contributed by atoms with van der Waals surface area (Å²) in [5, 5.41) is 13.6. The van der Waals surface area contributed by atoms with Crippen molar-refractivity contribution in [3.05, 3.63) is 86.1 Å². The predicted molar refractivity (Wildman–Crippen MR) is 133 cm³/mol. The molecule has 0 spiro atoms. The zero-order valence-electron chi connectivity index (χ0n) is 19.0. The second-order valence-corrected chi connectivity index (χ2v) is 8.47. The molecule has 0 aliphatic carbocycles. The maximum atomic E-state index is 12.9. The van der Waals surface area contributed by atoms with Crippen LogP contribution < -0.4 is 16.6 Å². The number of nitrogens with one attached hydrogen (secondary N) is 1. The van der Waals surface area contributed by atoms with Crippen LogP contribution in [0.5, 0.6) is 5.88 Å². The van der Waals surface area contributed by atoms with E-state index < -0.39 is 17.1 Å². The van der Waals surface area contributed by atoms with Gasteiger partial charge in [-0.05, 0) is 42.7 Å². The van der Waals surface area contributed by atoms with Gasteiger partial charge < -0.3 is 10.4 Å². The largest absolute Gasteiger partial charge is 0.494 e. The number of para-hydroxylation sites is 1. The quantitative estimate of drug-likeness (QED) is 0.429. The lowest BCUT2D eigenvalue weighted by atomic mass is 10.1. The highest BCUT2D eigenvalue weighted by Gasteiger charge is 2.22. The number of carbonyl (C=O) groups is 1. The smallest absolute Gasteiger partial charge is 0.333 e. The van der Waals surface area contributed by atoms with Crippen LogP contribution in [0.1, 0.15) is 23.6 Å². The number of rotatable bonds is 6. The molecule has 1 amide bonds. The van der Waals surface area contributed by atoms with Gasteiger partial charge in [0.25, 0.3) is 5.56 Å². The van der Waals surface area contributed by atoms with Crippen LogP contribution >= 0.6 is 11.8 Å². The van der Waals surface area contributed by atoms with E-state index in [1.54, 1.807) is 6.07 Å². The third-order valence-electron chi connectivity index (χ3n) is 5.09. The monoisotopic (exact) mass is 466 g/mol. The first-order chi connectivity index (χ1) is 15.7. The average Bonchev–Trinajstić information content (AvgIpc) is 2.80. The van der Waals surface area contributed by atoms with Crippen LogP contribution in [0.25, 0.3) is 0 Å². The zero-order valence-corrected chi connectivity index (χ0v) is 19.8. The Labute approximate surface area is 195 Å². The number of hydrogen-bond donors (Lipinski definition) is 2. The zero-order chi connectivity index (χ0) is 24.1. The maximum Gasteiger partial charge on any atom is 0.333 e. The summed E-state index contributed by atoms with van der Waals surface area (Å²) in [5.41, 5.74) is 1.78. The van der Waals surface area contributed by atoms with Crippen molar-refractivity contribution in [3.63, 3.8) is 0 Å². The first-order valence-electron chi connectivity index (χ1n) is 10.4. The molecule has 33 heavy (non-hydrogen) atoms. The molecule has 0 aliphatic rings. The fourth-order valence-electron chi connectivity index (χ4n) is 3.27. The lowest BCUT2D eigenvalue weighted by molar-refractivity contribution is -0.113. The Kier molecular flexibility index (Phi) is 7.55. The van der Waals surface area contributed by atoms with E-state index in [0.717, 1.165) is 44.1 Å². The third kappa shape index (κ3) is 5.43. The molecular weight excluding hydrogens is 440 g/mol. The lowest BCUT2D eigenvalue weighted by Crippen LogP contribution is -2.39. The van der Waals surface area contributed by atoms with Gasteiger partial charge in [-0.1, -0.05) is 49.0 Å². The third-order valence-corrected chi connectivity index (χ3v) is 6.07. The van der Waals surface area contributed by atoms with E-state index in [0.29, 0.717) is 5.69 Å². The number of amides is 1. The van der Waals surface area contributed by atoms with Crippen molar-refractivity contribution < 1.29 is 9.90 Å². The predicted octanol–water partition coefficient (Wildman–Crippen LogP) is 3.11. The highest BCUT2D eigenvalue weighted by Crippen LogP contribution is 2.24. The number of aryl methyl sites for hydroxylation is 2. The number of aromatic nitrogens is 2. The molecule has 0 bridgehead atoms. The average molecular weight is 467 g/mol. The summed E-state index contributed by atoms with van der Waals surface area (Å²) >= 11 is 1.02. The molecule has 2 aromatic carbocycles. The summed E-state index contributed by atoms with van der Waals surface area (Å²) in [5.74, 6) is -0.827. The molecule has 0 aliphatic heterocycles. The molecule has 0 fully saturated rings. The van der Waals surface area contributed by atoms with E-state index in [-0.39, 0.29) is 22.3 Å². The number of hydrogen-bond acceptors (Lipinski definition) is 6. The maximum absolute atomic E-state index is 12.9. The first-order valence-corrected chi connectivity index (χ1v) is 11.4. The molecule has 2 N–H and O–H groups in total. The molecule has 172 valence electrons. The van der Waals surface area contributed by atoms with Crippen molar-refractivity contribution in [1.82, 2.24) is 9.13 Å². The normalized spacial score (nSPS) is 11.5. The van der Waals surface area contributed by atoms with Crippen molar-refractivity contribution in [1.29, 1.82) is 0 Å². The van der Waals surface area contributed by atoms with E-state index in [1.807, 2.05) is 56.3 Å². The van der Waals surface area contributed by atoms with Crippen LogP contribution in [-0.4, -0.2) is 30.9 Å². The number of carbonyl (C=O) groups excluding carboxylic acids is 1. The Morgan fingerprint density at radius 1 is 1.09 bits per heavy atom. The SMILES string of the molecule is CCc1ccccc1NC(=O)CSC(=Nc1cccc(C)c1)c1c(O)n(C)c(=O)n(C)c1=O. The van der Waals surface area contributed by atoms with Gasteiger partial charge in [0.05, 0.1) is 11.4 Å². The van der Waals surface area contributed by atoms with Crippen LogP contribution in [0, 0.1) is 6.92 Å². The van der Waals surface area contributed by atoms with E-state index in [4.69, 9.17) is 0 Å². The minimum atomic E-state index is -0.689. The van der Waals surface area contributed by atoms with Crippen molar-refractivity contribution in [2.75, 3.05) is 11.1 Å². The van der Waals surface area contributed by atoms with Gasteiger partial charge in [-0.15, -0.1) is 0 Å². The minimum absolute atomic E-state index is 0.0475. The molecule has 8 nitrogen and oxygen atoms in total. The van der Waals surface area contributed by atoms with E-state index >= 15 is 0 Å². The molecule has 0 saturated carbocycles. The highest BCUT2D eigenvalue weighted by atomic mass is 32.2. The second-order valence-electron chi connectivity index (χ2n) is 7.51. The van der Waals surface area contributed by atoms with Gasteiger partial charge >= 0.3 is 5.69 Å². The lowest BCUT2D eigenvalue weighted by Gasteiger charge is -2.13. The second kappa shape index (κ2) is 10.4. The summed E-state index contributed by atoms with van der Waals surface area (Å²) in [4.78, 5) is 42.3. The van der Waals surface area contributed by atoms with Gasteiger partial charge in [0.2, 0.25) is 11.8 Å². The van der Waals surface area contributed by atoms with E-state index in [1.165, 1.54) is 14.1 Å². The first kappa shape index (κ1) is 24.1. The number of thioether (sulfide) groups is 1. The number of nitrogens with zero attached hydrogens (tertiary/aromatic N) is 3. The van der Waals surface area contributed by atoms with Gasteiger partial charge in [-0.3, -0.25) is 18.7 Å². The van der Waals surface area contributed by atoms with Gasteiger partial charge in [0.15, 0.2) is 0 Å². The summed E-state index contributed by atoms with van der Waals surface area (Å²) in [6.45, 7) is 3.91. The van der Waals surface area contributed by atoms with Crippen LogP contribution in [0.15, 0.2) is 63.1 Å². The van der Waals surface area contributed by atoms with E-state index in [9.17, 15) is 19.5 Å². The minimum Gasteiger partial charge on any atom is -0.494 e. The number of benzene rings is 2. The Hall–Kier alpha value is -3.59. The Bertz CT molecular complexity index is 1340. The van der Waals surface area contributed by atoms with Crippen molar-refractivity contribution in [2.45, 2.75) is 20.3 Å². The molecule has 3 rings (SSSR count). The molecule has 1 aromatic heterocycles. The van der Waals surface area contributed by atoms with Gasteiger partial charge in [0.1, 0.15) is 10.6 Å². The molecule has 3 aromatic rings. The molecule has 0 radical (unpaired) electrons. The van der Waals surface area contributed by atoms with Crippen LogP contribution in [0.4, 0.5) is 11.4 Å². The van der Waals surface area contributed by atoms with Crippen molar-refractivity contribution in [3.8, 4) is 5.88 Å². The molecular formula is C24H26N4O4S. The van der Waals surface area contributed by atoms with Gasteiger partial charge in [-0.2, -0.15) is 0 Å². The summed E-state index contributed by atoms with van der Waals surface area (Å²) in [6.07, 6.45) is 0.769. The number of aliphatic imine (C=N–C) groups is 1.